The fourth-order valence-corrected chi connectivity index (χ4v) is 3.01. The Hall–Kier alpha value is -3.22. The minimum atomic E-state index is -0.288. The first-order valence-electron chi connectivity index (χ1n) is 8.43. The number of aryl methyl sites for hydroxylation is 1. The highest BCUT2D eigenvalue weighted by atomic mass is 16.5. The first kappa shape index (κ1) is 16.3. The van der Waals surface area contributed by atoms with Gasteiger partial charge in [0.1, 0.15) is 5.56 Å². The molecular weight excluding hydrogens is 332 g/mol. The number of likely N-dealkylation sites (tertiary alicyclic amines) is 1. The molecule has 0 bridgehead atoms. The molecule has 7 heteroatoms. The summed E-state index contributed by atoms with van der Waals surface area (Å²) in [6.45, 7) is 0.952. The van der Waals surface area contributed by atoms with Crippen LogP contribution >= 0.6 is 0 Å². The second-order valence-electron chi connectivity index (χ2n) is 6.46. The normalized spacial score (nSPS) is 14.3. The maximum atomic E-state index is 12.5. The van der Waals surface area contributed by atoms with Gasteiger partial charge in [-0.25, -0.2) is 0 Å². The van der Waals surface area contributed by atoms with Gasteiger partial charge in [0.2, 0.25) is 5.89 Å². The largest absolute Gasteiger partial charge is 0.339 e. The van der Waals surface area contributed by atoms with E-state index in [4.69, 9.17) is 4.52 Å². The van der Waals surface area contributed by atoms with Crippen LogP contribution in [0.5, 0.6) is 0 Å². The van der Waals surface area contributed by atoms with Crippen LogP contribution in [-0.4, -0.2) is 38.6 Å². The number of carbonyl (C=O) groups is 1. The van der Waals surface area contributed by atoms with Gasteiger partial charge in [-0.05, 0) is 17.7 Å². The molecule has 3 heterocycles. The van der Waals surface area contributed by atoms with Crippen molar-refractivity contribution in [3.63, 3.8) is 0 Å². The molecule has 0 unspecified atom stereocenters. The van der Waals surface area contributed by atoms with E-state index in [1.165, 1.54) is 4.57 Å². The molecule has 1 aromatic carbocycles. The Morgan fingerprint density at radius 1 is 1.19 bits per heavy atom. The predicted molar refractivity (Wildman–Crippen MR) is 93.9 cm³/mol. The summed E-state index contributed by atoms with van der Waals surface area (Å²) in [5.74, 6) is 0.934. The Kier molecular flexibility index (Phi) is 4.12. The minimum absolute atomic E-state index is 0.0172. The van der Waals surface area contributed by atoms with Gasteiger partial charge in [0.25, 0.3) is 11.5 Å². The molecule has 2 aromatic heterocycles. The van der Waals surface area contributed by atoms with Gasteiger partial charge in [-0.2, -0.15) is 4.98 Å². The minimum Gasteiger partial charge on any atom is -0.339 e. The second kappa shape index (κ2) is 6.59. The third kappa shape index (κ3) is 3.03. The van der Waals surface area contributed by atoms with Crippen LogP contribution in [0.4, 0.5) is 0 Å². The van der Waals surface area contributed by atoms with Crippen LogP contribution in [0.15, 0.2) is 58.0 Å². The fourth-order valence-electron chi connectivity index (χ4n) is 3.01. The number of benzene rings is 1. The molecule has 7 nitrogen and oxygen atoms in total. The average Bonchev–Trinajstić information content (AvgIpc) is 3.05. The van der Waals surface area contributed by atoms with Crippen molar-refractivity contribution in [1.82, 2.24) is 19.6 Å². The lowest BCUT2D eigenvalue weighted by molar-refractivity contribution is 0.0566. The molecule has 1 fully saturated rings. The molecule has 26 heavy (non-hydrogen) atoms. The van der Waals surface area contributed by atoms with Crippen molar-refractivity contribution in [2.45, 2.75) is 12.3 Å². The lowest BCUT2D eigenvalue weighted by Crippen LogP contribution is -2.50. The molecule has 3 aromatic rings. The molecule has 0 saturated carbocycles. The number of hydrogen-bond acceptors (Lipinski definition) is 5. The first-order chi connectivity index (χ1) is 12.6. The molecule has 132 valence electrons. The quantitative estimate of drug-likeness (QED) is 0.714. The van der Waals surface area contributed by atoms with Gasteiger partial charge in [-0.1, -0.05) is 35.5 Å². The molecule has 0 aliphatic carbocycles. The third-order valence-corrected chi connectivity index (χ3v) is 4.56. The van der Waals surface area contributed by atoms with E-state index in [-0.39, 0.29) is 22.9 Å². The Bertz CT molecular complexity index is 987. The molecule has 1 amide bonds. The number of pyridine rings is 1. The van der Waals surface area contributed by atoms with Crippen LogP contribution in [0.1, 0.15) is 33.6 Å². The smallest absolute Gasteiger partial charge is 0.263 e. The van der Waals surface area contributed by atoms with Crippen LogP contribution in [0.2, 0.25) is 0 Å². The van der Waals surface area contributed by atoms with Crippen molar-refractivity contribution in [2.24, 2.45) is 7.05 Å². The zero-order chi connectivity index (χ0) is 18.1. The Balaban J connectivity index is 1.40. The van der Waals surface area contributed by atoms with E-state index in [1.807, 2.05) is 30.3 Å². The van der Waals surface area contributed by atoms with Crippen LogP contribution < -0.4 is 5.56 Å². The summed E-state index contributed by atoms with van der Waals surface area (Å²) in [6.07, 6.45) is 2.24. The second-order valence-corrected chi connectivity index (χ2v) is 6.46. The van der Waals surface area contributed by atoms with Gasteiger partial charge in [-0.3, -0.25) is 9.59 Å². The number of amides is 1. The van der Waals surface area contributed by atoms with Crippen LogP contribution in [0.25, 0.3) is 0 Å². The van der Waals surface area contributed by atoms with Gasteiger partial charge >= 0.3 is 0 Å². The summed E-state index contributed by atoms with van der Waals surface area (Å²) in [7, 11) is 1.63. The van der Waals surface area contributed by atoms with Gasteiger partial charge in [-0.15, -0.1) is 0 Å². The third-order valence-electron chi connectivity index (χ3n) is 4.56. The molecule has 0 N–H and O–H groups in total. The molecule has 0 spiro atoms. The van der Waals surface area contributed by atoms with Gasteiger partial charge in [0, 0.05) is 32.8 Å². The molecule has 1 aliphatic rings. The highest BCUT2D eigenvalue weighted by Gasteiger charge is 2.36. The Morgan fingerprint density at radius 2 is 1.96 bits per heavy atom. The fraction of sp³-hybridized carbons (Fsp3) is 0.263. The molecule has 0 radical (unpaired) electrons. The van der Waals surface area contributed by atoms with E-state index in [9.17, 15) is 9.59 Å². The molecule has 1 aliphatic heterocycles. The lowest BCUT2D eigenvalue weighted by atomic mass is 9.99. The van der Waals surface area contributed by atoms with Crippen LogP contribution in [-0.2, 0) is 13.5 Å². The summed E-state index contributed by atoms with van der Waals surface area (Å²) in [5.41, 5.74) is 1.01. The molecule has 4 rings (SSSR count). The van der Waals surface area contributed by atoms with E-state index in [0.29, 0.717) is 31.2 Å². The van der Waals surface area contributed by atoms with E-state index in [1.54, 1.807) is 30.3 Å². The van der Waals surface area contributed by atoms with Crippen molar-refractivity contribution >= 4 is 5.91 Å². The summed E-state index contributed by atoms with van der Waals surface area (Å²) in [5, 5.41) is 4.03. The molecule has 0 atom stereocenters. The van der Waals surface area contributed by atoms with Crippen LogP contribution in [0, 0.1) is 0 Å². The maximum Gasteiger partial charge on any atom is 0.263 e. The van der Waals surface area contributed by atoms with Crippen molar-refractivity contribution in [3.05, 3.63) is 81.9 Å². The van der Waals surface area contributed by atoms with Gasteiger partial charge in [0.15, 0.2) is 5.82 Å². The SMILES string of the molecule is Cn1cccc(C(=O)N2CC(c3nc(Cc4ccccc4)no3)C2)c1=O. The summed E-state index contributed by atoms with van der Waals surface area (Å²) < 4.78 is 6.75. The van der Waals surface area contributed by atoms with E-state index in [2.05, 4.69) is 10.1 Å². The lowest BCUT2D eigenvalue weighted by Gasteiger charge is -2.36. The number of carbonyl (C=O) groups excluding carboxylic acids is 1. The number of hydrogen-bond donors (Lipinski definition) is 0. The number of rotatable bonds is 4. The monoisotopic (exact) mass is 350 g/mol. The van der Waals surface area contributed by atoms with Crippen molar-refractivity contribution < 1.29 is 9.32 Å². The van der Waals surface area contributed by atoms with Gasteiger partial charge < -0.3 is 14.0 Å². The maximum absolute atomic E-state index is 12.5. The average molecular weight is 350 g/mol. The summed E-state index contributed by atoms with van der Waals surface area (Å²) >= 11 is 0. The standard InChI is InChI=1S/C19H18N4O3/c1-22-9-5-8-15(18(22)24)19(25)23-11-14(12-23)17-20-16(21-26-17)10-13-6-3-2-4-7-13/h2-9,14H,10-12H2,1H3. The van der Waals surface area contributed by atoms with E-state index >= 15 is 0 Å². The van der Waals surface area contributed by atoms with Gasteiger partial charge in [0.05, 0.1) is 5.92 Å². The summed E-state index contributed by atoms with van der Waals surface area (Å²) in [4.78, 5) is 30.6. The van der Waals surface area contributed by atoms with Crippen molar-refractivity contribution in [2.75, 3.05) is 13.1 Å². The van der Waals surface area contributed by atoms with Crippen molar-refractivity contribution in [3.8, 4) is 0 Å². The molecule has 1 saturated heterocycles. The highest BCUT2D eigenvalue weighted by Crippen LogP contribution is 2.27. The molecular formula is C19H18N4O3. The number of nitrogens with zero attached hydrogens (tertiary/aromatic N) is 4. The highest BCUT2D eigenvalue weighted by molar-refractivity contribution is 5.94. The Morgan fingerprint density at radius 3 is 2.73 bits per heavy atom. The van der Waals surface area contributed by atoms with E-state index < -0.39 is 0 Å². The topological polar surface area (TPSA) is 81.2 Å². The van der Waals surface area contributed by atoms with E-state index in [0.717, 1.165) is 5.56 Å². The van der Waals surface area contributed by atoms with Crippen LogP contribution in [0.3, 0.4) is 0 Å². The summed E-state index contributed by atoms with van der Waals surface area (Å²) in [6, 6.07) is 13.2. The predicted octanol–water partition coefficient (Wildman–Crippen LogP) is 1.60. The number of aromatic nitrogens is 3. The van der Waals surface area contributed by atoms with Crippen molar-refractivity contribution in [1.29, 1.82) is 0 Å². The Labute approximate surface area is 149 Å². The first-order valence-corrected chi connectivity index (χ1v) is 8.43. The zero-order valence-electron chi connectivity index (χ0n) is 14.3. The zero-order valence-corrected chi connectivity index (χ0v) is 14.3.